The molecule has 0 fully saturated rings. The first-order chi connectivity index (χ1) is 12.3. The van der Waals surface area contributed by atoms with Gasteiger partial charge in [0.25, 0.3) is 0 Å². The van der Waals surface area contributed by atoms with Crippen molar-refractivity contribution < 1.29 is 24.0 Å². The van der Waals surface area contributed by atoms with Crippen LogP contribution in [0.3, 0.4) is 0 Å². The molecule has 136 valence electrons. The molecule has 0 heterocycles. The van der Waals surface area contributed by atoms with Crippen molar-refractivity contribution >= 4 is 40.6 Å². The highest BCUT2D eigenvalue weighted by Crippen LogP contribution is 2.28. The summed E-state index contributed by atoms with van der Waals surface area (Å²) in [5.41, 5.74) is -0.287. The number of carbonyl (C=O) groups is 2. The Morgan fingerprint density at radius 3 is 2.50 bits per heavy atom. The SMILES string of the molecule is CCOc1ccc(C(=O)OCC(=O)c2ccc(Cl)cc2Cl)cc1[N+](=O)[O-]. The number of ketones is 1. The fourth-order valence-electron chi connectivity index (χ4n) is 2.07. The number of ether oxygens (including phenoxy) is 2. The van der Waals surface area contributed by atoms with Crippen LogP contribution in [0, 0.1) is 10.1 Å². The number of hydrogen-bond acceptors (Lipinski definition) is 6. The van der Waals surface area contributed by atoms with E-state index < -0.39 is 23.3 Å². The summed E-state index contributed by atoms with van der Waals surface area (Å²) in [6.45, 7) is 1.35. The molecule has 0 spiro atoms. The summed E-state index contributed by atoms with van der Waals surface area (Å²) >= 11 is 11.7. The first-order valence-corrected chi connectivity index (χ1v) is 8.15. The number of rotatable bonds is 7. The van der Waals surface area contributed by atoms with Gasteiger partial charge in [-0.05, 0) is 37.3 Å². The minimum absolute atomic E-state index is 0.0399. The lowest BCUT2D eigenvalue weighted by molar-refractivity contribution is -0.385. The number of hydrogen-bond donors (Lipinski definition) is 0. The number of halogens is 2. The Balaban J connectivity index is 2.11. The van der Waals surface area contributed by atoms with Crippen molar-refractivity contribution in [1.82, 2.24) is 0 Å². The van der Waals surface area contributed by atoms with Crippen LogP contribution in [-0.2, 0) is 4.74 Å². The van der Waals surface area contributed by atoms with Gasteiger partial charge in [-0.25, -0.2) is 4.79 Å². The molecular weight excluding hydrogens is 385 g/mol. The van der Waals surface area contributed by atoms with E-state index in [1.807, 2.05) is 0 Å². The third-order valence-corrected chi connectivity index (χ3v) is 3.80. The van der Waals surface area contributed by atoms with Gasteiger partial charge in [-0.3, -0.25) is 14.9 Å². The van der Waals surface area contributed by atoms with Crippen LogP contribution in [0.2, 0.25) is 10.0 Å². The Labute approximate surface area is 158 Å². The third-order valence-electron chi connectivity index (χ3n) is 3.26. The molecule has 0 saturated heterocycles. The molecule has 26 heavy (non-hydrogen) atoms. The van der Waals surface area contributed by atoms with Crippen molar-refractivity contribution in [3.63, 3.8) is 0 Å². The van der Waals surface area contributed by atoms with Crippen LogP contribution in [-0.4, -0.2) is 29.9 Å². The van der Waals surface area contributed by atoms with Gasteiger partial charge in [-0.15, -0.1) is 0 Å². The number of nitro groups is 1. The molecule has 0 aliphatic rings. The molecule has 0 aliphatic heterocycles. The Kier molecular flexibility index (Phi) is 6.54. The molecule has 0 aliphatic carbocycles. The Hall–Kier alpha value is -2.64. The zero-order valence-electron chi connectivity index (χ0n) is 13.5. The van der Waals surface area contributed by atoms with Gasteiger partial charge >= 0.3 is 11.7 Å². The number of nitrogens with zero attached hydrogens (tertiary/aromatic N) is 1. The van der Waals surface area contributed by atoms with Gasteiger partial charge in [0.2, 0.25) is 5.78 Å². The summed E-state index contributed by atoms with van der Waals surface area (Å²) in [5.74, 6) is -1.37. The van der Waals surface area contributed by atoms with Crippen molar-refractivity contribution in [3.05, 3.63) is 67.7 Å². The predicted octanol–water partition coefficient (Wildman–Crippen LogP) is 4.34. The maximum atomic E-state index is 12.1. The van der Waals surface area contributed by atoms with E-state index in [1.54, 1.807) is 6.92 Å². The molecule has 2 aromatic rings. The van der Waals surface area contributed by atoms with E-state index in [0.717, 1.165) is 6.07 Å². The molecule has 2 rings (SSSR count). The fourth-order valence-corrected chi connectivity index (χ4v) is 2.59. The van der Waals surface area contributed by atoms with Crippen LogP contribution in [0.25, 0.3) is 0 Å². The molecule has 0 aromatic heterocycles. The van der Waals surface area contributed by atoms with Crippen LogP contribution in [0.15, 0.2) is 36.4 Å². The smallest absolute Gasteiger partial charge is 0.338 e. The molecule has 2 aromatic carbocycles. The number of nitro benzene ring substituents is 1. The van der Waals surface area contributed by atoms with E-state index in [4.69, 9.17) is 32.7 Å². The van der Waals surface area contributed by atoms with E-state index >= 15 is 0 Å². The maximum absolute atomic E-state index is 12.1. The summed E-state index contributed by atoms with van der Waals surface area (Å²) < 4.78 is 10.1. The lowest BCUT2D eigenvalue weighted by Gasteiger charge is -2.08. The van der Waals surface area contributed by atoms with Crippen molar-refractivity contribution in [2.45, 2.75) is 6.92 Å². The Morgan fingerprint density at radius 2 is 1.88 bits per heavy atom. The predicted molar refractivity (Wildman–Crippen MR) is 95.3 cm³/mol. The van der Waals surface area contributed by atoms with Crippen LogP contribution >= 0.6 is 23.2 Å². The lowest BCUT2D eigenvalue weighted by Crippen LogP contribution is -2.15. The topological polar surface area (TPSA) is 95.7 Å². The van der Waals surface area contributed by atoms with Crippen LogP contribution in [0.1, 0.15) is 27.6 Å². The summed E-state index contributed by atoms with van der Waals surface area (Å²) in [6.07, 6.45) is 0. The molecule has 0 unspecified atom stereocenters. The zero-order chi connectivity index (χ0) is 19.3. The second-order valence-electron chi connectivity index (χ2n) is 5.00. The standard InChI is InChI=1S/C17H13Cl2NO6/c1-2-25-16-6-3-10(7-14(16)20(23)24)17(22)26-9-15(21)12-5-4-11(18)8-13(12)19/h3-8H,2,9H2,1H3. The minimum atomic E-state index is -0.880. The van der Waals surface area contributed by atoms with Crippen LogP contribution in [0.4, 0.5) is 5.69 Å². The number of Topliss-reactive ketones (excluding diaryl/α,β-unsaturated/α-hetero) is 1. The minimum Gasteiger partial charge on any atom is -0.487 e. The first-order valence-electron chi connectivity index (χ1n) is 7.40. The second kappa shape index (κ2) is 8.64. The van der Waals surface area contributed by atoms with E-state index in [9.17, 15) is 19.7 Å². The van der Waals surface area contributed by atoms with Crippen LogP contribution < -0.4 is 4.74 Å². The number of esters is 1. The quantitative estimate of drug-likeness (QED) is 0.298. The summed E-state index contributed by atoms with van der Waals surface area (Å²) in [7, 11) is 0. The van der Waals surface area contributed by atoms with Crippen molar-refractivity contribution in [1.29, 1.82) is 0 Å². The summed E-state index contributed by atoms with van der Waals surface area (Å²) in [6, 6.07) is 7.96. The van der Waals surface area contributed by atoms with Gasteiger partial charge in [-0.1, -0.05) is 23.2 Å². The van der Waals surface area contributed by atoms with E-state index in [2.05, 4.69) is 0 Å². The first kappa shape index (κ1) is 19.7. The fraction of sp³-hybridized carbons (Fsp3) is 0.176. The zero-order valence-corrected chi connectivity index (χ0v) is 15.0. The third kappa shape index (κ3) is 4.71. The molecule has 0 amide bonds. The average molecular weight is 398 g/mol. The molecule has 0 bridgehead atoms. The van der Waals surface area contributed by atoms with Gasteiger partial charge < -0.3 is 9.47 Å². The van der Waals surface area contributed by atoms with E-state index in [0.29, 0.717) is 5.02 Å². The maximum Gasteiger partial charge on any atom is 0.338 e. The van der Waals surface area contributed by atoms with Crippen molar-refractivity contribution in [2.24, 2.45) is 0 Å². The second-order valence-corrected chi connectivity index (χ2v) is 5.84. The van der Waals surface area contributed by atoms with Gasteiger partial charge in [0.1, 0.15) is 0 Å². The highest BCUT2D eigenvalue weighted by atomic mass is 35.5. The molecule has 0 atom stereocenters. The van der Waals surface area contributed by atoms with Gasteiger partial charge in [-0.2, -0.15) is 0 Å². The highest BCUT2D eigenvalue weighted by molar-refractivity contribution is 6.36. The van der Waals surface area contributed by atoms with Crippen molar-refractivity contribution in [2.75, 3.05) is 13.2 Å². The average Bonchev–Trinajstić information content (AvgIpc) is 2.59. The Bertz CT molecular complexity index is 868. The Morgan fingerprint density at radius 1 is 1.15 bits per heavy atom. The molecule has 0 radical (unpaired) electrons. The number of benzene rings is 2. The normalized spacial score (nSPS) is 10.3. The van der Waals surface area contributed by atoms with Crippen molar-refractivity contribution in [3.8, 4) is 5.75 Å². The summed E-state index contributed by atoms with van der Waals surface area (Å²) in [5, 5.41) is 11.6. The largest absolute Gasteiger partial charge is 0.487 e. The van der Waals surface area contributed by atoms with E-state index in [1.165, 1.54) is 30.3 Å². The molecule has 9 heteroatoms. The van der Waals surface area contributed by atoms with Gasteiger partial charge in [0, 0.05) is 16.7 Å². The molecule has 7 nitrogen and oxygen atoms in total. The van der Waals surface area contributed by atoms with E-state index in [-0.39, 0.29) is 34.2 Å². The van der Waals surface area contributed by atoms with Crippen LogP contribution in [0.5, 0.6) is 5.75 Å². The van der Waals surface area contributed by atoms with Gasteiger partial charge in [0.15, 0.2) is 12.4 Å². The number of carbonyl (C=O) groups excluding carboxylic acids is 2. The van der Waals surface area contributed by atoms with Gasteiger partial charge in [0.05, 0.1) is 22.1 Å². The molecule has 0 N–H and O–H groups in total. The molecule has 0 saturated carbocycles. The highest BCUT2D eigenvalue weighted by Gasteiger charge is 2.20. The monoisotopic (exact) mass is 397 g/mol. The lowest BCUT2D eigenvalue weighted by atomic mass is 10.1. The summed E-state index contributed by atoms with van der Waals surface area (Å²) in [4.78, 5) is 34.6. The molecular formula is C17H13Cl2NO6.